The highest BCUT2D eigenvalue weighted by molar-refractivity contribution is 7.99. The maximum Gasteiger partial charge on any atom is 0.339 e. The minimum atomic E-state index is -0.484. The summed E-state index contributed by atoms with van der Waals surface area (Å²) in [6, 6.07) is 23.6. The van der Waals surface area contributed by atoms with Crippen LogP contribution in [0.2, 0.25) is 0 Å². The van der Waals surface area contributed by atoms with Crippen molar-refractivity contribution in [3.05, 3.63) is 89.6 Å². The van der Waals surface area contributed by atoms with Crippen LogP contribution in [0.4, 0.5) is 11.4 Å². The van der Waals surface area contributed by atoms with Crippen molar-refractivity contribution >= 4 is 45.9 Å². The minimum Gasteiger partial charge on any atom is -0.452 e. The lowest BCUT2D eigenvalue weighted by Crippen LogP contribution is -2.37. The van der Waals surface area contributed by atoms with Gasteiger partial charge in [-0.1, -0.05) is 54.2 Å². The highest BCUT2D eigenvalue weighted by atomic mass is 32.2. The van der Waals surface area contributed by atoms with Gasteiger partial charge in [0.05, 0.1) is 22.5 Å². The summed E-state index contributed by atoms with van der Waals surface area (Å²) in [6.07, 6.45) is 0.774. The molecule has 2 aliphatic heterocycles. The van der Waals surface area contributed by atoms with Gasteiger partial charge >= 0.3 is 5.97 Å². The second-order valence-electron chi connectivity index (χ2n) is 9.59. The number of anilines is 2. The van der Waals surface area contributed by atoms with Gasteiger partial charge in [0.15, 0.2) is 6.61 Å². The number of carbonyl (C=O) groups excluding carboxylic acids is 2. The molecule has 4 aromatic rings. The second kappa shape index (κ2) is 9.65. The van der Waals surface area contributed by atoms with Gasteiger partial charge in [0.2, 0.25) is 0 Å². The van der Waals surface area contributed by atoms with Crippen molar-refractivity contribution in [2.75, 3.05) is 18.1 Å². The van der Waals surface area contributed by atoms with Crippen LogP contribution in [0.25, 0.3) is 10.9 Å². The number of nitrogens with zero attached hydrogens (tertiary/aromatic N) is 3. The van der Waals surface area contributed by atoms with Crippen LogP contribution in [-0.4, -0.2) is 41.0 Å². The maximum absolute atomic E-state index is 13.6. The largest absolute Gasteiger partial charge is 0.452 e. The van der Waals surface area contributed by atoms with E-state index in [2.05, 4.69) is 18.7 Å². The average Bonchev–Trinajstić information content (AvgIpc) is 2.92. The number of hydrogen-bond donors (Lipinski definition) is 0. The summed E-state index contributed by atoms with van der Waals surface area (Å²) in [4.78, 5) is 38.0. The van der Waals surface area contributed by atoms with Crippen LogP contribution >= 0.6 is 11.8 Å². The Kier molecular flexibility index (Phi) is 6.18. The van der Waals surface area contributed by atoms with E-state index in [4.69, 9.17) is 9.72 Å². The third kappa shape index (κ3) is 4.28. The number of hydrogen-bond acceptors (Lipinski definition) is 6. The maximum atomic E-state index is 13.6. The molecule has 0 atom stereocenters. The zero-order valence-corrected chi connectivity index (χ0v) is 21.6. The summed E-state index contributed by atoms with van der Waals surface area (Å²) in [7, 11) is 0. The van der Waals surface area contributed by atoms with Gasteiger partial charge in [-0.3, -0.25) is 19.6 Å². The molecule has 3 heterocycles. The molecule has 0 spiro atoms. The molecule has 0 fully saturated rings. The van der Waals surface area contributed by atoms with Crippen LogP contribution < -0.4 is 4.90 Å². The number of amides is 1. The smallest absolute Gasteiger partial charge is 0.339 e. The molecule has 0 bridgehead atoms. The Balaban J connectivity index is 1.32. The van der Waals surface area contributed by atoms with E-state index in [1.54, 1.807) is 16.7 Å². The average molecular weight is 510 g/mol. The number of esters is 1. The highest BCUT2D eigenvalue weighted by Gasteiger charge is 2.31. The molecule has 2 aliphatic rings. The molecule has 0 aliphatic carbocycles. The van der Waals surface area contributed by atoms with Crippen LogP contribution in [-0.2, 0) is 22.5 Å². The van der Waals surface area contributed by atoms with Gasteiger partial charge in [0.1, 0.15) is 0 Å². The van der Waals surface area contributed by atoms with E-state index in [0.29, 0.717) is 18.2 Å². The Bertz CT molecular complexity index is 1490. The second-order valence-corrected chi connectivity index (χ2v) is 10.7. The molecule has 6 rings (SSSR count). The van der Waals surface area contributed by atoms with E-state index in [-0.39, 0.29) is 12.5 Å². The SMILES string of the molecule is CC(C)N1CCc2nc3ccccc3c(C(=O)OCC(=O)N3c4ccccc4Sc4ccccc43)c2C1. The zero-order chi connectivity index (χ0) is 25.5. The predicted octanol–water partition coefficient (Wildman–Crippen LogP) is 5.99. The number of para-hydroxylation sites is 3. The Labute approximate surface area is 220 Å². The van der Waals surface area contributed by atoms with Gasteiger partial charge in [-0.2, -0.15) is 0 Å². The van der Waals surface area contributed by atoms with Gasteiger partial charge in [0, 0.05) is 52.0 Å². The number of rotatable bonds is 4. The monoisotopic (exact) mass is 509 g/mol. The molecule has 1 aromatic heterocycles. The minimum absolute atomic E-state index is 0.287. The lowest BCUT2D eigenvalue weighted by atomic mass is 9.95. The number of fused-ring (bicyclic) bond motifs is 4. The fourth-order valence-corrected chi connectivity index (χ4v) is 6.18. The lowest BCUT2D eigenvalue weighted by molar-refractivity contribution is -0.121. The molecule has 0 N–H and O–H groups in total. The molecule has 1 amide bonds. The van der Waals surface area contributed by atoms with Gasteiger partial charge < -0.3 is 4.74 Å². The highest BCUT2D eigenvalue weighted by Crippen LogP contribution is 2.47. The third-order valence-corrected chi connectivity index (χ3v) is 8.15. The van der Waals surface area contributed by atoms with Gasteiger partial charge in [-0.05, 0) is 44.2 Å². The molecule has 6 nitrogen and oxygen atoms in total. The van der Waals surface area contributed by atoms with Crippen LogP contribution in [0.5, 0.6) is 0 Å². The van der Waals surface area contributed by atoms with Crippen LogP contribution in [0.1, 0.15) is 35.5 Å². The van der Waals surface area contributed by atoms with Crippen LogP contribution in [0.15, 0.2) is 82.6 Å². The molecule has 0 saturated heterocycles. The first-order valence-electron chi connectivity index (χ1n) is 12.5. The molecule has 37 heavy (non-hydrogen) atoms. The van der Waals surface area contributed by atoms with E-state index >= 15 is 0 Å². The van der Waals surface area contributed by atoms with E-state index < -0.39 is 5.97 Å². The molecule has 3 aromatic carbocycles. The Morgan fingerprint density at radius 3 is 2.30 bits per heavy atom. The molecular weight excluding hydrogens is 482 g/mol. The van der Waals surface area contributed by atoms with Crippen molar-refractivity contribution in [3.63, 3.8) is 0 Å². The number of ether oxygens (including phenoxy) is 1. The summed E-state index contributed by atoms with van der Waals surface area (Å²) in [5, 5.41) is 0.759. The molecular formula is C30H27N3O3S. The number of benzene rings is 3. The van der Waals surface area contributed by atoms with Gasteiger partial charge in [-0.15, -0.1) is 0 Å². The van der Waals surface area contributed by atoms with Crippen molar-refractivity contribution < 1.29 is 14.3 Å². The van der Waals surface area contributed by atoms with E-state index in [0.717, 1.165) is 56.3 Å². The predicted molar refractivity (Wildman–Crippen MR) is 145 cm³/mol. The normalized spacial score (nSPS) is 14.7. The Morgan fingerprint density at radius 1 is 0.946 bits per heavy atom. The third-order valence-electron chi connectivity index (χ3n) is 7.02. The molecule has 0 unspecified atom stereocenters. The Morgan fingerprint density at radius 2 is 1.59 bits per heavy atom. The summed E-state index contributed by atoms with van der Waals surface area (Å²) >= 11 is 1.63. The number of carbonyl (C=O) groups is 2. The number of pyridine rings is 1. The standard InChI is InChI=1S/C30H27N3O3S/c1-19(2)32-16-15-23-21(17-32)29(20-9-3-4-10-22(20)31-23)30(35)36-18-28(34)33-24-11-5-7-13-26(24)37-27-14-8-6-12-25(27)33/h3-14,19H,15-18H2,1-2H3. The lowest BCUT2D eigenvalue weighted by Gasteiger charge is -2.33. The first kappa shape index (κ1) is 23.7. The molecule has 0 saturated carbocycles. The van der Waals surface area contributed by atoms with Crippen LogP contribution in [0.3, 0.4) is 0 Å². The number of aromatic nitrogens is 1. The quantitative estimate of drug-likeness (QED) is 0.315. The fraction of sp³-hybridized carbons (Fsp3) is 0.233. The first-order valence-corrected chi connectivity index (χ1v) is 13.3. The van der Waals surface area contributed by atoms with Crippen LogP contribution in [0, 0.1) is 0 Å². The molecule has 0 radical (unpaired) electrons. The van der Waals surface area contributed by atoms with Crippen molar-refractivity contribution in [1.82, 2.24) is 9.88 Å². The summed E-state index contributed by atoms with van der Waals surface area (Å²) in [5.41, 5.74) is 4.73. The summed E-state index contributed by atoms with van der Waals surface area (Å²) in [6.45, 7) is 5.49. The molecule has 186 valence electrons. The summed E-state index contributed by atoms with van der Waals surface area (Å²) < 4.78 is 5.76. The van der Waals surface area contributed by atoms with E-state index in [1.807, 2.05) is 72.8 Å². The van der Waals surface area contributed by atoms with Crippen molar-refractivity contribution in [1.29, 1.82) is 0 Å². The van der Waals surface area contributed by atoms with E-state index in [1.165, 1.54) is 0 Å². The van der Waals surface area contributed by atoms with Crippen molar-refractivity contribution in [2.24, 2.45) is 0 Å². The van der Waals surface area contributed by atoms with Crippen molar-refractivity contribution in [2.45, 2.75) is 42.6 Å². The molecule has 7 heteroatoms. The zero-order valence-electron chi connectivity index (χ0n) is 20.8. The Hall–Kier alpha value is -3.68. The van der Waals surface area contributed by atoms with Gasteiger partial charge in [0.25, 0.3) is 5.91 Å². The fourth-order valence-electron chi connectivity index (χ4n) is 5.12. The van der Waals surface area contributed by atoms with Gasteiger partial charge in [-0.25, -0.2) is 4.79 Å². The topological polar surface area (TPSA) is 62.7 Å². The van der Waals surface area contributed by atoms with E-state index in [9.17, 15) is 9.59 Å². The summed E-state index contributed by atoms with van der Waals surface area (Å²) in [5.74, 6) is -0.772. The first-order chi connectivity index (χ1) is 18.0. The van der Waals surface area contributed by atoms with Crippen molar-refractivity contribution in [3.8, 4) is 0 Å².